The zero-order valence-electron chi connectivity index (χ0n) is 14.6. The van der Waals surface area contributed by atoms with Crippen LogP contribution in [0, 0.1) is 5.82 Å². The Morgan fingerprint density at radius 1 is 0.926 bits per heavy atom. The van der Waals surface area contributed by atoms with E-state index in [0.29, 0.717) is 42.6 Å². The van der Waals surface area contributed by atoms with Crippen molar-refractivity contribution in [3.05, 3.63) is 77.3 Å². The largest absolute Gasteiger partial charge is 0.451 e. The summed E-state index contributed by atoms with van der Waals surface area (Å²) in [5.41, 5.74) is 1.33. The molecule has 3 aromatic rings. The van der Waals surface area contributed by atoms with Crippen molar-refractivity contribution in [2.75, 3.05) is 31.1 Å². The van der Waals surface area contributed by atoms with E-state index in [1.807, 2.05) is 29.2 Å². The molecule has 0 unspecified atom stereocenters. The number of rotatable bonds is 3. The Morgan fingerprint density at radius 2 is 1.63 bits per heavy atom. The Kier molecular flexibility index (Phi) is 4.86. The van der Waals surface area contributed by atoms with Gasteiger partial charge >= 0.3 is 0 Å². The fourth-order valence-electron chi connectivity index (χ4n) is 3.27. The van der Waals surface area contributed by atoms with Crippen LogP contribution in [0.5, 0.6) is 0 Å². The monoisotopic (exact) mass is 384 g/mol. The number of para-hydroxylation sites is 1. The van der Waals surface area contributed by atoms with Crippen molar-refractivity contribution < 1.29 is 13.6 Å². The summed E-state index contributed by atoms with van der Waals surface area (Å²) in [4.78, 5) is 16.4. The fourth-order valence-corrected chi connectivity index (χ4v) is 3.50. The molecule has 1 aromatic heterocycles. The minimum absolute atomic E-state index is 0.165. The average molecular weight is 385 g/mol. The number of carbonyl (C=O) groups excluding carboxylic acids is 1. The third-order valence-electron chi connectivity index (χ3n) is 4.72. The van der Waals surface area contributed by atoms with E-state index in [9.17, 15) is 9.18 Å². The van der Waals surface area contributed by atoms with E-state index in [-0.39, 0.29) is 17.5 Å². The van der Waals surface area contributed by atoms with Crippen molar-refractivity contribution in [1.29, 1.82) is 0 Å². The van der Waals surface area contributed by atoms with E-state index < -0.39 is 0 Å². The molecule has 0 N–H and O–H groups in total. The summed E-state index contributed by atoms with van der Waals surface area (Å²) in [5.74, 6) is 0.437. The molecular formula is C21H18ClFN2O2. The number of furan rings is 1. The van der Waals surface area contributed by atoms with E-state index in [0.717, 1.165) is 5.56 Å². The van der Waals surface area contributed by atoms with Gasteiger partial charge in [-0.3, -0.25) is 4.79 Å². The molecule has 4 nitrogen and oxygen atoms in total. The molecule has 1 saturated heterocycles. The van der Waals surface area contributed by atoms with Crippen LogP contribution in [0.3, 0.4) is 0 Å². The van der Waals surface area contributed by atoms with Gasteiger partial charge in [0.05, 0.1) is 10.7 Å². The molecule has 0 radical (unpaired) electrons. The van der Waals surface area contributed by atoms with Crippen LogP contribution in [0.1, 0.15) is 10.6 Å². The second kappa shape index (κ2) is 7.45. The Morgan fingerprint density at radius 3 is 2.37 bits per heavy atom. The summed E-state index contributed by atoms with van der Waals surface area (Å²) in [5, 5.41) is 0.573. The number of carbonyl (C=O) groups is 1. The average Bonchev–Trinajstić information content (AvgIpc) is 3.18. The molecule has 1 fully saturated rings. The van der Waals surface area contributed by atoms with Gasteiger partial charge in [-0.25, -0.2) is 4.39 Å². The zero-order chi connectivity index (χ0) is 18.8. The molecule has 6 heteroatoms. The summed E-state index contributed by atoms with van der Waals surface area (Å²) >= 11 is 6.19. The van der Waals surface area contributed by atoms with Crippen LogP contribution in [-0.4, -0.2) is 37.0 Å². The number of piperazine rings is 1. The molecule has 2 heterocycles. The molecule has 1 aliphatic rings. The molecule has 2 aromatic carbocycles. The van der Waals surface area contributed by atoms with Gasteiger partial charge in [-0.2, -0.15) is 0 Å². The summed E-state index contributed by atoms with van der Waals surface area (Å²) in [6.07, 6.45) is 0. The first-order valence-electron chi connectivity index (χ1n) is 8.77. The predicted octanol–water partition coefficient (Wildman–Crippen LogP) is 4.70. The van der Waals surface area contributed by atoms with Gasteiger partial charge in [0.25, 0.3) is 5.91 Å². The van der Waals surface area contributed by atoms with Gasteiger partial charge in [0.15, 0.2) is 5.76 Å². The Bertz CT molecular complexity index is 964. The van der Waals surface area contributed by atoms with Crippen LogP contribution in [0.25, 0.3) is 11.3 Å². The first kappa shape index (κ1) is 17.6. The van der Waals surface area contributed by atoms with Crippen molar-refractivity contribution >= 4 is 23.2 Å². The van der Waals surface area contributed by atoms with Gasteiger partial charge in [-0.1, -0.05) is 35.9 Å². The van der Waals surface area contributed by atoms with Crippen molar-refractivity contribution in [1.82, 2.24) is 4.90 Å². The zero-order valence-corrected chi connectivity index (χ0v) is 15.3. The third-order valence-corrected chi connectivity index (χ3v) is 5.05. The highest BCUT2D eigenvalue weighted by Gasteiger charge is 2.25. The quantitative estimate of drug-likeness (QED) is 0.656. The van der Waals surface area contributed by atoms with Gasteiger partial charge in [0.2, 0.25) is 0 Å². The highest BCUT2D eigenvalue weighted by atomic mass is 35.5. The molecule has 4 rings (SSSR count). The predicted molar refractivity (Wildman–Crippen MR) is 104 cm³/mol. The fraction of sp³-hybridized carbons (Fsp3) is 0.190. The van der Waals surface area contributed by atoms with E-state index >= 15 is 0 Å². The second-order valence-electron chi connectivity index (χ2n) is 6.37. The standard InChI is InChI=1S/C21H18ClFN2O2/c22-16-6-2-1-5-15(16)19-9-10-20(27-19)21(26)25-13-11-24(12-14-25)18-8-4-3-7-17(18)23/h1-10H,11-14H2. The minimum atomic E-state index is -0.243. The number of hydrogen-bond donors (Lipinski definition) is 0. The van der Waals surface area contributed by atoms with E-state index in [4.69, 9.17) is 16.0 Å². The van der Waals surface area contributed by atoms with Crippen LogP contribution < -0.4 is 4.90 Å². The van der Waals surface area contributed by atoms with Gasteiger partial charge in [-0.05, 0) is 36.4 Å². The van der Waals surface area contributed by atoms with Gasteiger partial charge in [-0.15, -0.1) is 0 Å². The van der Waals surface area contributed by atoms with E-state index in [1.165, 1.54) is 6.07 Å². The Balaban J connectivity index is 1.44. The smallest absolute Gasteiger partial charge is 0.289 e. The van der Waals surface area contributed by atoms with Crippen LogP contribution in [0.15, 0.2) is 65.1 Å². The number of amides is 1. The van der Waals surface area contributed by atoms with Crippen LogP contribution in [0.4, 0.5) is 10.1 Å². The van der Waals surface area contributed by atoms with E-state index in [1.54, 1.807) is 35.2 Å². The SMILES string of the molecule is O=C(c1ccc(-c2ccccc2Cl)o1)N1CCN(c2ccccc2F)CC1. The first-order chi connectivity index (χ1) is 13.1. The second-order valence-corrected chi connectivity index (χ2v) is 6.78. The number of hydrogen-bond acceptors (Lipinski definition) is 3. The molecule has 0 saturated carbocycles. The Labute approximate surface area is 161 Å². The maximum Gasteiger partial charge on any atom is 0.289 e. The lowest BCUT2D eigenvalue weighted by Gasteiger charge is -2.35. The topological polar surface area (TPSA) is 36.7 Å². The van der Waals surface area contributed by atoms with Crippen LogP contribution >= 0.6 is 11.6 Å². The molecule has 138 valence electrons. The van der Waals surface area contributed by atoms with Gasteiger partial charge in [0, 0.05) is 31.7 Å². The molecule has 27 heavy (non-hydrogen) atoms. The lowest BCUT2D eigenvalue weighted by molar-refractivity contribution is 0.0715. The summed E-state index contributed by atoms with van der Waals surface area (Å²) < 4.78 is 19.7. The minimum Gasteiger partial charge on any atom is -0.451 e. The highest BCUT2D eigenvalue weighted by Crippen LogP contribution is 2.29. The lowest BCUT2D eigenvalue weighted by atomic mass is 10.2. The summed E-state index contributed by atoms with van der Waals surface area (Å²) in [6.45, 7) is 2.17. The van der Waals surface area contributed by atoms with Gasteiger partial charge in [0.1, 0.15) is 11.6 Å². The first-order valence-corrected chi connectivity index (χ1v) is 9.15. The van der Waals surface area contributed by atoms with Crippen molar-refractivity contribution in [2.24, 2.45) is 0 Å². The molecule has 0 aliphatic carbocycles. The molecule has 0 spiro atoms. The maximum absolute atomic E-state index is 13.9. The normalized spacial score (nSPS) is 14.4. The Hall–Kier alpha value is -2.79. The van der Waals surface area contributed by atoms with Crippen molar-refractivity contribution in [3.8, 4) is 11.3 Å². The number of nitrogens with zero attached hydrogens (tertiary/aromatic N) is 2. The molecule has 0 atom stereocenters. The molecule has 1 amide bonds. The maximum atomic E-state index is 13.9. The summed E-state index contributed by atoms with van der Waals surface area (Å²) in [7, 11) is 0. The van der Waals surface area contributed by atoms with Crippen molar-refractivity contribution in [3.63, 3.8) is 0 Å². The number of benzene rings is 2. The van der Waals surface area contributed by atoms with E-state index in [2.05, 4.69) is 0 Å². The third kappa shape index (κ3) is 3.55. The summed E-state index contributed by atoms with van der Waals surface area (Å²) in [6, 6.07) is 17.5. The lowest BCUT2D eigenvalue weighted by Crippen LogP contribution is -2.49. The van der Waals surface area contributed by atoms with Crippen molar-refractivity contribution in [2.45, 2.75) is 0 Å². The molecule has 0 bridgehead atoms. The number of anilines is 1. The van der Waals surface area contributed by atoms with Crippen LogP contribution in [-0.2, 0) is 0 Å². The molecule has 1 aliphatic heterocycles. The highest BCUT2D eigenvalue weighted by molar-refractivity contribution is 6.33. The van der Waals surface area contributed by atoms with Crippen LogP contribution in [0.2, 0.25) is 5.02 Å². The molecular weight excluding hydrogens is 367 g/mol. The number of halogens is 2. The van der Waals surface area contributed by atoms with Gasteiger partial charge < -0.3 is 14.2 Å².